The van der Waals surface area contributed by atoms with Crippen LogP contribution in [0.1, 0.15) is 37.3 Å². The van der Waals surface area contributed by atoms with Gasteiger partial charge in [0.25, 0.3) is 0 Å². The number of ether oxygens (including phenoxy) is 1. The van der Waals surface area contributed by atoms with E-state index >= 15 is 0 Å². The monoisotopic (exact) mass is 269 g/mol. The molecule has 18 heavy (non-hydrogen) atoms. The van der Waals surface area contributed by atoms with E-state index < -0.39 is 5.38 Å². The molecule has 0 aromatic heterocycles. The third-order valence-corrected chi connectivity index (χ3v) is 2.79. The zero-order valence-corrected chi connectivity index (χ0v) is 12.0. The van der Waals surface area contributed by atoms with Gasteiger partial charge in [-0.1, -0.05) is 24.3 Å². The number of halogens is 1. The first-order chi connectivity index (χ1) is 8.35. The first-order valence-corrected chi connectivity index (χ1v) is 6.31. The van der Waals surface area contributed by atoms with Crippen LogP contribution in [0.3, 0.4) is 0 Å². The van der Waals surface area contributed by atoms with E-state index in [2.05, 4.69) is 5.32 Å². The highest BCUT2D eigenvalue weighted by molar-refractivity contribution is 6.30. The Bertz CT molecular complexity index is 413. The van der Waals surface area contributed by atoms with Gasteiger partial charge in [0, 0.05) is 12.6 Å². The predicted molar refractivity (Wildman–Crippen MR) is 73.6 cm³/mol. The van der Waals surface area contributed by atoms with Crippen LogP contribution >= 0.6 is 11.6 Å². The van der Waals surface area contributed by atoms with Crippen LogP contribution in [0.5, 0.6) is 0 Å². The van der Waals surface area contributed by atoms with Crippen LogP contribution in [-0.2, 0) is 16.1 Å². The molecular formula is C14H20ClNO2. The second-order valence-corrected chi connectivity index (χ2v) is 5.67. The number of amides is 1. The summed E-state index contributed by atoms with van der Waals surface area (Å²) in [7, 11) is 1.62. The lowest BCUT2D eigenvalue weighted by molar-refractivity contribution is -0.122. The zero-order valence-electron chi connectivity index (χ0n) is 11.3. The van der Waals surface area contributed by atoms with Crippen molar-refractivity contribution in [2.75, 3.05) is 7.11 Å². The Labute approximate surface area is 113 Å². The van der Waals surface area contributed by atoms with Crippen molar-refractivity contribution in [3.8, 4) is 0 Å². The Kier molecular flexibility index (Phi) is 5.17. The number of benzene rings is 1. The lowest BCUT2D eigenvalue weighted by atomic mass is 10.0. The minimum Gasteiger partial charge on any atom is -0.380 e. The molecule has 0 saturated heterocycles. The zero-order chi connectivity index (χ0) is 13.8. The highest BCUT2D eigenvalue weighted by Crippen LogP contribution is 2.25. The third-order valence-electron chi connectivity index (χ3n) is 2.36. The van der Waals surface area contributed by atoms with Gasteiger partial charge in [-0.15, -0.1) is 11.6 Å². The van der Waals surface area contributed by atoms with E-state index in [0.717, 1.165) is 11.1 Å². The molecule has 1 N–H and O–H groups in total. The van der Waals surface area contributed by atoms with Crippen LogP contribution in [0.25, 0.3) is 0 Å². The molecule has 1 aromatic rings. The molecule has 1 atom stereocenters. The molecule has 0 heterocycles. The lowest BCUT2D eigenvalue weighted by Gasteiger charge is -2.23. The van der Waals surface area contributed by atoms with Gasteiger partial charge in [0.1, 0.15) is 5.38 Å². The maximum atomic E-state index is 12.0. The normalized spacial score (nSPS) is 13.2. The highest BCUT2D eigenvalue weighted by atomic mass is 35.5. The van der Waals surface area contributed by atoms with Crippen molar-refractivity contribution in [1.29, 1.82) is 0 Å². The topological polar surface area (TPSA) is 38.3 Å². The fraction of sp³-hybridized carbons (Fsp3) is 0.500. The van der Waals surface area contributed by atoms with E-state index in [1.807, 2.05) is 45.0 Å². The number of alkyl halides is 1. The molecule has 0 saturated carbocycles. The maximum Gasteiger partial charge on any atom is 0.243 e. The van der Waals surface area contributed by atoms with Crippen molar-refractivity contribution in [3.63, 3.8) is 0 Å². The fourth-order valence-electron chi connectivity index (χ4n) is 1.64. The molecule has 1 rings (SSSR count). The molecule has 0 radical (unpaired) electrons. The van der Waals surface area contributed by atoms with Crippen molar-refractivity contribution in [2.24, 2.45) is 0 Å². The molecule has 0 fully saturated rings. The molecule has 0 bridgehead atoms. The van der Waals surface area contributed by atoms with E-state index in [-0.39, 0.29) is 11.4 Å². The van der Waals surface area contributed by atoms with E-state index in [4.69, 9.17) is 16.3 Å². The largest absolute Gasteiger partial charge is 0.380 e. The first kappa shape index (κ1) is 15.0. The molecular weight excluding hydrogens is 250 g/mol. The van der Waals surface area contributed by atoms with Crippen LogP contribution in [0.15, 0.2) is 24.3 Å². The summed E-state index contributed by atoms with van der Waals surface area (Å²) in [4.78, 5) is 12.0. The summed E-state index contributed by atoms with van der Waals surface area (Å²) in [5.74, 6) is -0.187. The minimum absolute atomic E-state index is 0.187. The SMILES string of the molecule is COCc1ccccc1C(Cl)C(=O)NC(C)(C)C. The number of nitrogens with one attached hydrogen (secondary N) is 1. The van der Waals surface area contributed by atoms with Crippen LogP contribution in [-0.4, -0.2) is 18.6 Å². The van der Waals surface area contributed by atoms with Gasteiger partial charge in [0.05, 0.1) is 6.61 Å². The summed E-state index contributed by atoms with van der Waals surface area (Å²) in [6.07, 6.45) is 0. The van der Waals surface area contributed by atoms with Gasteiger partial charge in [-0.3, -0.25) is 4.79 Å². The van der Waals surface area contributed by atoms with E-state index in [0.29, 0.717) is 6.61 Å². The average Bonchev–Trinajstić information content (AvgIpc) is 2.27. The molecule has 1 amide bonds. The molecule has 0 aliphatic rings. The molecule has 0 spiro atoms. The van der Waals surface area contributed by atoms with Gasteiger partial charge in [0.15, 0.2) is 0 Å². The number of carbonyl (C=O) groups excluding carboxylic acids is 1. The molecule has 0 aliphatic heterocycles. The fourth-order valence-corrected chi connectivity index (χ4v) is 1.91. The number of hydrogen-bond acceptors (Lipinski definition) is 2. The maximum absolute atomic E-state index is 12.0. The molecule has 1 aromatic carbocycles. The quantitative estimate of drug-likeness (QED) is 0.854. The number of carbonyl (C=O) groups is 1. The second kappa shape index (κ2) is 6.21. The summed E-state index contributed by atoms with van der Waals surface area (Å²) in [6.45, 7) is 6.23. The molecule has 0 aliphatic carbocycles. The molecule has 100 valence electrons. The first-order valence-electron chi connectivity index (χ1n) is 5.88. The average molecular weight is 270 g/mol. The Hall–Kier alpha value is -1.06. The minimum atomic E-state index is -0.699. The van der Waals surface area contributed by atoms with Crippen molar-refractivity contribution >= 4 is 17.5 Å². The van der Waals surface area contributed by atoms with Crippen molar-refractivity contribution < 1.29 is 9.53 Å². The smallest absolute Gasteiger partial charge is 0.243 e. The molecule has 1 unspecified atom stereocenters. The van der Waals surface area contributed by atoms with E-state index in [9.17, 15) is 4.79 Å². The predicted octanol–water partition coefficient (Wildman–Crippen LogP) is 3.03. The second-order valence-electron chi connectivity index (χ2n) is 5.23. The summed E-state index contributed by atoms with van der Waals surface area (Å²) in [6, 6.07) is 7.55. The Morgan fingerprint density at radius 1 is 1.39 bits per heavy atom. The van der Waals surface area contributed by atoms with Gasteiger partial charge >= 0.3 is 0 Å². The Balaban J connectivity index is 2.89. The summed E-state index contributed by atoms with van der Waals surface area (Å²) in [5.41, 5.74) is 1.44. The number of hydrogen-bond donors (Lipinski definition) is 1. The van der Waals surface area contributed by atoms with Crippen molar-refractivity contribution in [3.05, 3.63) is 35.4 Å². The van der Waals surface area contributed by atoms with Gasteiger partial charge in [-0.05, 0) is 31.9 Å². The van der Waals surface area contributed by atoms with Gasteiger partial charge < -0.3 is 10.1 Å². The summed E-state index contributed by atoms with van der Waals surface area (Å²) >= 11 is 6.24. The standard InChI is InChI=1S/C14H20ClNO2/c1-14(2,3)16-13(17)12(15)11-8-6-5-7-10(11)9-18-4/h5-8,12H,9H2,1-4H3,(H,16,17). The van der Waals surface area contributed by atoms with Gasteiger partial charge in [0.2, 0.25) is 5.91 Å². The van der Waals surface area contributed by atoms with E-state index in [1.165, 1.54) is 0 Å². The van der Waals surface area contributed by atoms with Crippen LogP contribution in [0.4, 0.5) is 0 Å². The number of rotatable bonds is 4. The Morgan fingerprint density at radius 2 is 2.00 bits per heavy atom. The van der Waals surface area contributed by atoms with Gasteiger partial charge in [-0.25, -0.2) is 0 Å². The van der Waals surface area contributed by atoms with Crippen molar-refractivity contribution in [2.45, 2.75) is 38.3 Å². The molecule has 4 heteroatoms. The summed E-state index contributed by atoms with van der Waals surface area (Å²) in [5, 5.41) is 2.18. The number of methoxy groups -OCH3 is 1. The molecule has 3 nitrogen and oxygen atoms in total. The van der Waals surface area contributed by atoms with Crippen LogP contribution < -0.4 is 5.32 Å². The van der Waals surface area contributed by atoms with Crippen molar-refractivity contribution in [1.82, 2.24) is 5.32 Å². The summed E-state index contributed by atoms with van der Waals surface area (Å²) < 4.78 is 5.11. The van der Waals surface area contributed by atoms with Crippen LogP contribution in [0.2, 0.25) is 0 Å². The van der Waals surface area contributed by atoms with Crippen LogP contribution in [0, 0.1) is 0 Å². The van der Waals surface area contributed by atoms with E-state index in [1.54, 1.807) is 7.11 Å². The third kappa shape index (κ3) is 4.31. The Morgan fingerprint density at radius 3 is 2.56 bits per heavy atom. The van der Waals surface area contributed by atoms with Gasteiger partial charge in [-0.2, -0.15) is 0 Å². The lowest BCUT2D eigenvalue weighted by Crippen LogP contribution is -2.42. The highest BCUT2D eigenvalue weighted by Gasteiger charge is 2.23.